The summed E-state index contributed by atoms with van der Waals surface area (Å²) in [6.45, 7) is 4.02. The fraction of sp³-hybridized carbons (Fsp3) is 0.188. The number of esters is 1. The summed E-state index contributed by atoms with van der Waals surface area (Å²) in [5.41, 5.74) is 2.23. The number of ether oxygens (including phenoxy) is 1. The molecule has 0 atom stereocenters. The van der Waals surface area contributed by atoms with E-state index in [9.17, 15) is 4.79 Å². The first-order chi connectivity index (χ1) is 10.2. The topological polar surface area (TPSA) is 52.1 Å². The molecular formula is C16H14N2O2S. The third-order valence-electron chi connectivity index (χ3n) is 3.13. The molecule has 2 aromatic heterocycles. The first-order valence-electron chi connectivity index (χ1n) is 6.69. The van der Waals surface area contributed by atoms with Gasteiger partial charge in [0.15, 0.2) is 5.69 Å². The van der Waals surface area contributed by atoms with E-state index in [1.165, 1.54) is 11.3 Å². The molecule has 3 aromatic rings. The van der Waals surface area contributed by atoms with Crippen molar-refractivity contribution in [2.75, 3.05) is 6.61 Å². The molecule has 106 valence electrons. The molecule has 0 unspecified atom stereocenters. The zero-order valence-corrected chi connectivity index (χ0v) is 12.6. The molecule has 21 heavy (non-hydrogen) atoms. The fourth-order valence-electron chi connectivity index (χ4n) is 2.18. The van der Waals surface area contributed by atoms with Gasteiger partial charge < -0.3 is 4.74 Å². The summed E-state index contributed by atoms with van der Waals surface area (Å²) in [6.07, 6.45) is 1.76. The molecular weight excluding hydrogens is 284 g/mol. The highest BCUT2D eigenvalue weighted by molar-refractivity contribution is 7.15. The number of hydrogen-bond donors (Lipinski definition) is 0. The van der Waals surface area contributed by atoms with Gasteiger partial charge in [-0.1, -0.05) is 18.2 Å². The van der Waals surface area contributed by atoms with E-state index in [-0.39, 0.29) is 5.97 Å². The SMILES string of the molecule is CCOC(=O)c1nc(-c2cccc3cccnc23)sc1C. The maximum atomic E-state index is 11.9. The van der Waals surface area contributed by atoms with Crippen molar-refractivity contribution < 1.29 is 9.53 Å². The van der Waals surface area contributed by atoms with Gasteiger partial charge in [-0.05, 0) is 26.0 Å². The molecule has 0 saturated carbocycles. The molecule has 0 fully saturated rings. The molecule has 4 nitrogen and oxygen atoms in total. The number of benzene rings is 1. The summed E-state index contributed by atoms with van der Waals surface area (Å²) in [5, 5.41) is 1.85. The number of para-hydroxylation sites is 1. The van der Waals surface area contributed by atoms with Crippen LogP contribution in [0.4, 0.5) is 0 Å². The minimum atomic E-state index is -0.370. The van der Waals surface area contributed by atoms with Crippen LogP contribution in [0.25, 0.3) is 21.5 Å². The molecule has 0 spiro atoms. The van der Waals surface area contributed by atoms with Crippen LogP contribution in [0.1, 0.15) is 22.3 Å². The lowest BCUT2D eigenvalue weighted by molar-refractivity contribution is 0.0519. The van der Waals surface area contributed by atoms with Crippen molar-refractivity contribution in [2.24, 2.45) is 0 Å². The molecule has 0 aliphatic carbocycles. The molecule has 0 aliphatic rings. The second-order valence-electron chi connectivity index (χ2n) is 4.52. The number of carbonyl (C=O) groups is 1. The van der Waals surface area contributed by atoms with E-state index in [0.717, 1.165) is 26.4 Å². The van der Waals surface area contributed by atoms with Crippen LogP contribution in [0.2, 0.25) is 0 Å². The lowest BCUT2D eigenvalue weighted by Crippen LogP contribution is -2.06. The average molecular weight is 298 g/mol. The van der Waals surface area contributed by atoms with Crippen LogP contribution >= 0.6 is 11.3 Å². The highest BCUT2D eigenvalue weighted by Crippen LogP contribution is 2.32. The molecule has 0 aliphatic heterocycles. The second kappa shape index (κ2) is 5.61. The maximum Gasteiger partial charge on any atom is 0.358 e. The number of fused-ring (bicyclic) bond motifs is 1. The average Bonchev–Trinajstić information content (AvgIpc) is 2.89. The Bertz CT molecular complexity index is 806. The summed E-state index contributed by atoms with van der Waals surface area (Å²) in [5.74, 6) is -0.370. The Balaban J connectivity index is 2.12. The smallest absolute Gasteiger partial charge is 0.358 e. The number of rotatable bonds is 3. The van der Waals surface area contributed by atoms with Gasteiger partial charge in [-0.3, -0.25) is 4.98 Å². The normalized spacial score (nSPS) is 10.8. The van der Waals surface area contributed by atoms with E-state index in [1.54, 1.807) is 13.1 Å². The van der Waals surface area contributed by atoms with Gasteiger partial charge in [0.25, 0.3) is 0 Å². The lowest BCUT2D eigenvalue weighted by Gasteiger charge is -2.02. The first kappa shape index (κ1) is 13.7. The highest BCUT2D eigenvalue weighted by Gasteiger charge is 2.18. The Morgan fingerprint density at radius 2 is 2.10 bits per heavy atom. The molecule has 0 amide bonds. The Kier molecular flexibility index (Phi) is 3.66. The number of hydrogen-bond acceptors (Lipinski definition) is 5. The van der Waals surface area contributed by atoms with Crippen molar-refractivity contribution in [2.45, 2.75) is 13.8 Å². The zero-order valence-electron chi connectivity index (χ0n) is 11.8. The van der Waals surface area contributed by atoms with Crippen molar-refractivity contribution >= 4 is 28.2 Å². The molecule has 0 bridgehead atoms. The van der Waals surface area contributed by atoms with Crippen LogP contribution in [-0.4, -0.2) is 22.5 Å². The standard InChI is InChI=1S/C16H14N2O2S/c1-3-20-16(19)13-10(2)21-15(18-13)12-8-4-6-11-7-5-9-17-14(11)12/h4-9H,3H2,1-2H3. The first-order valence-corrected chi connectivity index (χ1v) is 7.51. The Morgan fingerprint density at radius 1 is 1.29 bits per heavy atom. The van der Waals surface area contributed by atoms with E-state index in [1.807, 2.05) is 37.3 Å². The van der Waals surface area contributed by atoms with Crippen molar-refractivity contribution in [1.29, 1.82) is 0 Å². The van der Waals surface area contributed by atoms with Gasteiger partial charge in [-0.2, -0.15) is 0 Å². The summed E-state index contributed by atoms with van der Waals surface area (Å²) >= 11 is 1.48. The Hall–Kier alpha value is -2.27. The predicted molar refractivity (Wildman–Crippen MR) is 83.5 cm³/mol. The third-order valence-corrected chi connectivity index (χ3v) is 4.13. The predicted octanol–water partition coefficient (Wildman–Crippen LogP) is 3.84. The Morgan fingerprint density at radius 3 is 2.90 bits per heavy atom. The van der Waals surface area contributed by atoms with Crippen LogP contribution in [0.3, 0.4) is 0 Å². The van der Waals surface area contributed by atoms with Crippen molar-refractivity contribution in [3.63, 3.8) is 0 Å². The van der Waals surface area contributed by atoms with E-state index in [4.69, 9.17) is 4.74 Å². The van der Waals surface area contributed by atoms with E-state index in [0.29, 0.717) is 12.3 Å². The molecule has 5 heteroatoms. The quantitative estimate of drug-likeness (QED) is 0.689. The minimum Gasteiger partial charge on any atom is -0.461 e. The lowest BCUT2D eigenvalue weighted by atomic mass is 10.1. The largest absolute Gasteiger partial charge is 0.461 e. The molecule has 0 N–H and O–H groups in total. The van der Waals surface area contributed by atoms with E-state index < -0.39 is 0 Å². The van der Waals surface area contributed by atoms with Crippen LogP contribution in [0, 0.1) is 6.92 Å². The second-order valence-corrected chi connectivity index (χ2v) is 5.73. The summed E-state index contributed by atoms with van der Waals surface area (Å²) in [4.78, 5) is 21.6. The van der Waals surface area contributed by atoms with Gasteiger partial charge in [0.1, 0.15) is 5.01 Å². The number of pyridine rings is 1. The van der Waals surface area contributed by atoms with Crippen LogP contribution in [-0.2, 0) is 4.74 Å². The maximum absolute atomic E-state index is 11.9. The molecule has 2 heterocycles. The van der Waals surface area contributed by atoms with Gasteiger partial charge in [0.2, 0.25) is 0 Å². The van der Waals surface area contributed by atoms with Gasteiger partial charge in [-0.15, -0.1) is 11.3 Å². The number of aryl methyl sites for hydroxylation is 1. The van der Waals surface area contributed by atoms with Crippen LogP contribution in [0.5, 0.6) is 0 Å². The summed E-state index contributed by atoms with van der Waals surface area (Å²) in [7, 11) is 0. The number of nitrogens with zero attached hydrogens (tertiary/aromatic N) is 2. The van der Waals surface area contributed by atoms with Crippen molar-refractivity contribution in [3.8, 4) is 10.6 Å². The Labute approximate surface area is 126 Å². The molecule has 0 radical (unpaired) electrons. The number of aromatic nitrogens is 2. The van der Waals surface area contributed by atoms with Crippen LogP contribution in [0.15, 0.2) is 36.5 Å². The van der Waals surface area contributed by atoms with Gasteiger partial charge in [-0.25, -0.2) is 9.78 Å². The highest BCUT2D eigenvalue weighted by atomic mass is 32.1. The number of thiazole rings is 1. The molecule has 1 aromatic carbocycles. The summed E-state index contributed by atoms with van der Waals surface area (Å²) in [6, 6.07) is 9.88. The number of carbonyl (C=O) groups excluding carboxylic acids is 1. The van der Waals surface area contributed by atoms with Gasteiger partial charge in [0, 0.05) is 22.0 Å². The van der Waals surface area contributed by atoms with E-state index >= 15 is 0 Å². The van der Waals surface area contributed by atoms with Crippen molar-refractivity contribution in [3.05, 3.63) is 47.1 Å². The van der Waals surface area contributed by atoms with Crippen molar-refractivity contribution in [1.82, 2.24) is 9.97 Å². The molecule has 3 rings (SSSR count). The summed E-state index contributed by atoms with van der Waals surface area (Å²) < 4.78 is 5.04. The minimum absolute atomic E-state index is 0.348. The monoisotopic (exact) mass is 298 g/mol. The third kappa shape index (κ3) is 2.52. The van der Waals surface area contributed by atoms with E-state index in [2.05, 4.69) is 9.97 Å². The van der Waals surface area contributed by atoms with Gasteiger partial charge in [0.05, 0.1) is 12.1 Å². The van der Waals surface area contributed by atoms with Crippen LogP contribution < -0.4 is 0 Å². The zero-order chi connectivity index (χ0) is 14.8. The molecule has 0 saturated heterocycles. The van der Waals surface area contributed by atoms with Gasteiger partial charge >= 0.3 is 5.97 Å². The fourth-order valence-corrected chi connectivity index (χ4v) is 3.10.